The van der Waals surface area contributed by atoms with Crippen LogP contribution in [-0.4, -0.2) is 28.9 Å². The fourth-order valence-electron chi connectivity index (χ4n) is 2.38. The van der Waals surface area contributed by atoms with Crippen LogP contribution in [0.1, 0.15) is 19.4 Å². The quantitative estimate of drug-likeness (QED) is 0.466. The normalized spacial score (nSPS) is 11.6. The van der Waals surface area contributed by atoms with Crippen LogP contribution in [-0.2, 0) is 16.0 Å². The molecule has 0 aliphatic rings. The van der Waals surface area contributed by atoms with Gasteiger partial charge >= 0.3 is 0 Å². The predicted octanol–water partition coefficient (Wildman–Crippen LogP) is 3.05. The van der Waals surface area contributed by atoms with Crippen molar-refractivity contribution in [2.24, 2.45) is 0 Å². The standard InChI is InChI=1S/C20H22ClFN4O2/c1-12(2)24-20(28)17(10-14-4-6-15(22)7-5-14)26-19(27)13(3)25-16-8-9-18(21)23-11-16/h4-9,11-12,17,25H,3,10H2,1-2H3,(H,24,28)(H,26,27)/t17-/m0/s1. The summed E-state index contributed by atoms with van der Waals surface area (Å²) in [6.07, 6.45) is 1.67. The molecule has 1 atom stereocenters. The first kappa shape index (κ1) is 21.4. The van der Waals surface area contributed by atoms with Crippen molar-refractivity contribution < 1.29 is 14.0 Å². The van der Waals surface area contributed by atoms with Crippen LogP contribution in [0.25, 0.3) is 0 Å². The zero-order chi connectivity index (χ0) is 20.7. The zero-order valence-corrected chi connectivity index (χ0v) is 16.4. The van der Waals surface area contributed by atoms with Gasteiger partial charge in [0, 0.05) is 12.5 Å². The van der Waals surface area contributed by atoms with Crippen molar-refractivity contribution in [3.8, 4) is 0 Å². The number of rotatable bonds is 8. The highest BCUT2D eigenvalue weighted by Crippen LogP contribution is 2.12. The van der Waals surface area contributed by atoms with E-state index in [2.05, 4.69) is 27.5 Å². The number of carbonyl (C=O) groups is 2. The molecular formula is C20H22ClFN4O2. The van der Waals surface area contributed by atoms with Crippen molar-refractivity contribution in [1.82, 2.24) is 15.6 Å². The molecule has 1 aromatic heterocycles. The number of nitrogens with one attached hydrogen (secondary N) is 3. The summed E-state index contributed by atoms with van der Waals surface area (Å²) in [5.74, 6) is -1.25. The van der Waals surface area contributed by atoms with Crippen LogP contribution in [0, 0.1) is 5.82 Å². The molecule has 1 heterocycles. The van der Waals surface area contributed by atoms with Crippen LogP contribution in [0.15, 0.2) is 54.9 Å². The van der Waals surface area contributed by atoms with E-state index in [0.29, 0.717) is 16.4 Å². The third-order valence-corrected chi connectivity index (χ3v) is 3.93. The van der Waals surface area contributed by atoms with Gasteiger partial charge in [-0.25, -0.2) is 9.37 Å². The van der Waals surface area contributed by atoms with Gasteiger partial charge in [-0.3, -0.25) is 9.59 Å². The minimum absolute atomic E-state index is 0.0468. The number of carbonyl (C=O) groups excluding carboxylic acids is 2. The van der Waals surface area contributed by atoms with Gasteiger partial charge in [-0.15, -0.1) is 0 Å². The van der Waals surface area contributed by atoms with E-state index in [0.717, 1.165) is 0 Å². The van der Waals surface area contributed by atoms with Crippen molar-refractivity contribution in [2.75, 3.05) is 5.32 Å². The van der Waals surface area contributed by atoms with E-state index in [-0.39, 0.29) is 29.9 Å². The molecule has 2 amide bonds. The SMILES string of the molecule is C=C(Nc1ccc(Cl)nc1)C(=O)N[C@@H](Cc1ccc(F)cc1)C(=O)NC(C)C. The monoisotopic (exact) mass is 404 g/mol. The lowest BCUT2D eigenvalue weighted by molar-refractivity contribution is -0.127. The lowest BCUT2D eigenvalue weighted by Gasteiger charge is -2.21. The summed E-state index contributed by atoms with van der Waals surface area (Å²) in [6.45, 7) is 7.34. The van der Waals surface area contributed by atoms with Crippen LogP contribution >= 0.6 is 11.6 Å². The van der Waals surface area contributed by atoms with E-state index < -0.39 is 11.9 Å². The highest BCUT2D eigenvalue weighted by Gasteiger charge is 2.23. The molecule has 0 saturated carbocycles. The van der Waals surface area contributed by atoms with Gasteiger partial charge in [0.25, 0.3) is 5.91 Å². The van der Waals surface area contributed by atoms with Crippen LogP contribution in [0.2, 0.25) is 5.15 Å². The fourth-order valence-corrected chi connectivity index (χ4v) is 2.49. The predicted molar refractivity (Wildman–Crippen MR) is 107 cm³/mol. The third-order valence-electron chi connectivity index (χ3n) is 3.70. The van der Waals surface area contributed by atoms with Crippen LogP contribution in [0.5, 0.6) is 0 Å². The summed E-state index contributed by atoms with van der Waals surface area (Å²) in [5, 5.41) is 8.58. The van der Waals surface area contributed by atoms with Gasteiger partial charge in [0.1, 0.15) is 17.0 Å². The topological polar surface area (TPSA) is 83.1 Å². The Hall–Kier alpha value is -2.93. The van der Waals surface area contributed by atoms with Gasteiger partial charge in [0.05, 0.1) is 17.6 Å². The second-order valence-electron chi connectivity index (χ2n) is 6.49. The molecule has 2 aromatic rings. The average molecular weight is 405 g/mol. The maximum atomic E-state index is 13.1. The Kier molecular flexibility index (Phi) is 7.52. The van der Waals surface area contributed by atoms with Gasteiger partial charge in [-0.2, -0.15) is 0 Å². The van der Waals surface area contributed by atoms with Crippen LogP contribution in [0.3, 0.4) is 0 Å². The van der Waals surface area contributed by atoms with Crippen molar-refractivity contribution in [1.29, 1.82) is 0 Å². The molecule has 0 aliphatic heterocycles. The van der Waals surface area contributed by atoms with Crippen LogP contribution < -0.4 is 16.0 Å². The lowest BCUT2D eigenvalue weighted by Crippen LogP contribution is -2.50. The number of amides is 2. The number of anilines is 1. The summed E-state index contributed by atoms with van der Waals surface area (Å²) in [6, 6.07) is 8.04. The molecule has 1 aromatic carbocycles. The first-order valence-electron chi connectivity index (χ1n) is 8.67. The minimum Gasteiger partial charge on any atom is -0.352 e. The lowest BCUT2D eigenvalue weighted by atomic mass is 10.0. The molecule has 8 heteroatoms. The summed E-state index contributed by atoms with van der Waals surface area (Å²) in [7, 11) is 0. The zero-order valence-electron chi connectivity index (χ0n) is 15.6. The molecule has 148 valence electrons. The van der Waals surface area contributed by atoms with E-state index in [4.69, 9.17) is 11.6 Å². The molecular weight excluding hydrogens is 383 g/mol. The minimum atomic E-state index is -0.845. The second kappa shape index (κ2) is 9.85. The molecule has 2 rings (SSSR count). The van der Waals surface area contributed by atoms with Gasteiger partial charge < -0.3 is 16.0 Å². The molecule has 28 heavy (non-hydrogen) atoms. The van der Waals surface area contributed by atoms with Crippen molar-refractivity contribution >= 4 is 29.1 Å². The Morgan fingerprint density at radius 1 is 1.14 bits per heavy atom. The fraction of sp³-hybridized carbons (Fsp3) is 0.250. The highest BCUT2D eigenvalue weighted by atomic mass is 35.5. The number of pyridine rings is 1. The third kappa shape index (κ3) is 6.66. The molecule has 0 fully saturated rings. The number of nitrogens with zero attached hydrogens (tertiary/aromatic N) is 1. The van der Waals surface area contributed by atoms with Gasteiger partial charge in [0.2, 0.25) is 5.91 Å². The highest BCUT2D eigenvalue weighted by molar-refractivity contribution is 6.29. The Labute approximate surface area is 168 Å². The summed E-state index contributed by atoms with van der Waals surface area (Å²) >= 11 is 5.73. The van der Waals surface area contributed by atoms with Crippen molar-refractivity contribution in [2.45, 2.75) is 32.4 Å². The number of hydrogen-bond donors (Lipinski definition) is 3. The number of benzene rings is 1. The summed E-state index contributed by atoms with van der Waals surface area (Å²) in [4.78, 5) is 28.9. The maximum absolute atomic E-state index is 13.1. The van der Waals surface area contributed by atoms with Crippen molar-refractivity contribution in [3.05, 3.63) is 71.4 Å². The molecule has 0 saturated heterocycles. The van der Waals surface area contributed by atoms with Gasteiger partial charge in [-0.05, 0) is 43.7 Å². The van der Waals surface area contributed by atoms with Crippen molar-refractivity contribution in [3.63, 3.8) is 0 Å². The summed E-state index contributed by atoms with van der Waals surface area (Å²) < 4.78 is 13.1. The first-order valence-corrected chi connectivity index (χ1v) is 9.05. The van der Waals surface area contributed by atoms with Crippen LogP contribution in [0.4, 0.5) is 10.1 Å². The smallest absolute Gasteiger partial charge is 0.267 e. The Bertz CT molecular complexity index is 838. The average Bonchev–Trinajstić information content (AvgIpc) is 2.64. The number of aromatic nitrogens is 1. The first-order chi connectivity index (χ1) is 13.2. The number of hydrogen-bond acceptors (Lipinski definition) is 4. The van der Waals surface area contributed by atoms with E-state index in [1.54, 1.807) is 24.3 Å². The van der Waals surface area contributed by atoms with Gasteiger partial charge in [0.15, 0.2) is 0 Å². The second-order valence-corrected chi connectivity index (χ2v) is 6.88. The Balaban J connectivity index is 2.07. The molecule has 0 bridgehead atoms. The molecule has 6 nitrogen and oxygen atoms in total. The molecule has 0 aliphatic carbocycles. The Morgan fingerprint density at radius 2 is 1.82 bits per heavy atom. The molecule has 0 spiro atoms. The molecule has 3 N–H and O–H groups in total. The largest absolute Gasteiger partial charge is 0.352 e. The molecule has 0 radical (unpaired) electrons. The van der Waals surface area contributed by atoms with E-state index >= 15 is 0 Å². The Morgan fingerprint density at radius 3 is 2.39 bits per heavy atom. The van der Waals surface area contributed by atoms with Gasteiger partial charge in [-0.1, -0.05) is 30.3 Å². The van der Waals surface area contributed by atoms with E-state index in [1.807, 2.05) is 13.8 Å². The maximum Gasteiger partial charge on any atom is 0.267 e. The number of halogens is 2. The molecule has 0 unspecified atom stereocenters. The van der Waals surface area contributed by atoms with E-state index in [1.165, 1.54) is 18.3 Å². The van der Waals surface area contributed by atoms with E-state index in [9.17, 15) is 14.0 Å². The summed E-state index contributed by atoms with van der Waals surface area (Å²) in [5.41, 5.74) is 1.29.